The molecule has 0 aliphatic heterocycles. The SMILES string of the molecule is CC(C)(C)OOC(C)(C)C#CC(C)(C)OOC(C)(C)C.CC(C)(C)OOC(C)(C)c1cccc(C(C)(C)OOC(C)(C)C)c1.CC(C)OOC(C)CCC(C)(C)OOC(C)(C)C. The molecule has 0 fully saturated rings. The molecule has 0 amide bonds. The fraction of sp³-hybridized carbons (Fsp3) is 0.840. The van der Waals surface area contributed by atoms with Crippen LogP contribution in [0.1, 0.15) is 218 Å². The van der Waals surface area contributed by atoms with Crippen LogP contribution in [-0.4, -0.2) is 57.0 Å². The molecule has 0 spiro atoms. The number of rotatable bonds is 18. The Hall–Kier alpha value is -1.70. The molecule has 1 unspecified atom stereocenters. The summed E-state index contributed by atoms with van der Waals surface area (Å²) in [5.74, 6) is 6.01. The molecule has 0 aliphatic carbocycles. The molecule has 1 atom stereocenters. The standard InChI is InChI=1S/C20H34O4.C16H30O4.C14H30O4/c1-17(2,3)21-23-19(7,8)15-12-11-13-16(14-15)20(9,10)24-22-18(4,5)6;1-13(2,3)17-19-15(7,8)11-12-16(9,10)20-18-14(4,5)6;1-11(2)15-16-12(3)9-10-14(7,8)18-17-13(4,5)6/h11-14H,1-10H3;1-10H3;11-12H,9-10H2,1-8H3. The van der Waals surface area contributed by atoms with E-state index in [0.717, 1.165) is 24.0 Å². The highest BCUT2D eigenvalue weighted by Crippen LogP contribution is 2.33. The first-order chi connectivity index (χ1) is 27.3. The molecule has 0 saturated heterocycles. The van der Waals surface area contributed by atoms with Crippen molar-refractivity contribution in [3.63, 3.8) is 0 Å². The molecule has 1 rings (SSSR count). The number of benzene rings is 1. The van der Waals surface area contributed by atoms with E-state index in [1.54, 1.807) is 0 Å². The van der Waals surface area contributed by atoms with E-state index in [0.29, 0.717) is 0 Å². The number of hydrogen-bond donors (Lipinski definition) is 0. The van der Waals surface area contributed by atoms with Crippen LogP contribution in [0.25, 0.3) is 0 Å². The van der Waals surface area contributed by atoms with Gasteiger partial charge >= 0.3 is 0 Å². The first kappa shape index (κ1) is 62.4. The molecule has 1 aromatic carbocycles. The van der Waals surface area contributed by atoms with Crippen LogP contribution in [0.4, 0.5) is 0 Å². The maximum atomic E-state index is 5.69. The molecule has 0 bridgehead atoms. The summed E-state index contributed by atoms with van der Waals surface area (Å²) in [5, 5.41) is 0. The molecule has 62 heavy (non-hydrogen) atoms. The third-order valence-electron chi connectivity index (χ3n) is 7.00. The van der Waals surface area contributed by atoms with Crippen molar-refractivity contribution in [2.75, 3.05) is 0 Å². The van der Waals surface area contributed by atoms with Gasteiger partial charge in [0.15, 0.2) is 11.2 Å². The van der Waals surface area contributed by atoms with E-state index in [1.165, 1.54) is 0 Å². The normalized spacial score (nSPS) is 14.3. The van der Waals surface area contributed by atoms with E-state index in [4.69, 9.17) is 58.7 Å². The Labute approximate surface area is 379 Å². The smallest absolute Gasteiger partial charge is 0.158 e. The van der Waals surface area contributed by atoms with Gasteiger partial charge in [-0.1, -0.05) is 30.0 Å². The quantitative estimate of drug-likeness (QED) is 0.0795. The second-order valence-corrected chi connectivity index (χ2v) is 23.6. The van der Waals surface area contributed by atoms with Crippen LogP contribution in [0, 0.1) is 11.8 Å². The van der Waals surface area contributed by atoms with Gasteiger partial charge in [0, 0.05) is 0 Å². The van der Waals surface area contributed by atoms with Gasteiger partial charge in [-0.05, 0) is 224 Å². The second-order valence-electron chi connectivity index (χ2n) is 23.6. The Morgan fingerprint density at radius 1 is 0.403 bits per heavy atom. The first-order valence-electron chi connectivity index (χ1n) is 22.1. The minimum atomic E-state index is -0.727. The molecular formula is C50H94O12. The lowest BCUT2D eigenvalue weighted by Gasteiger charge is -2.32. The van der Waals surface area contributed by atoms with Gasteiger partial charge in [-0.15, -0.1) is 0 Å². The Bertz CT molecular complexity index is 1370. The minimum Gasteiger partial charge on any atom is -0.234 e. The average molecular weight is 887 g/mol. The Balaban J connectivity index is 0. The van der Waals surface area contributed by atoms with Gasteiger partial charge in [-0.3, -0.25) is 0 Å². The van der Waals surface area contributed by atoms with Gasteiger partial charge in [0.2, 0.25) is 0 Å². The minimum absolute atomic E-state index is 0.0462. The van der Waals surface area contributed by atoms with Crippen LogP contribution >= 0.6 is 0 Å². The maximum Gasteiger partial charge on any atom is 0.158 e. The van der Waals surface area contributed by atoms with Gasteiger partial charge in [0.05, 0.1) is 45.8 Å². The predicted molar refractivity (Wildman–Crippen MR) is 248 cm³/mol. The lowest BCUT2D eigenvalue weighted by molar-refractivity contribution is -0.403. The molecule has 0 radical (unpaired) electrons. The summed E-state index contributed by atoms with van der Waals surface area (Å²) in [4.78, 5) is 64.9. The molecule has 0 N–H and O–H groups in total. The van der Waals surface area contributed by atoms with Gasteiger partial charge in [0.25, 0.3) is 0 Å². The van der Waals surface area contributed by atoms with E-state index in [2.05, 4.69) is 17.9 Å². The molecule has 0 saturated carbocycles. The first-order valence-corrected chi connectivity index (χ1v) is 22.1. The summed E-state index contributed by atoms with van der Waals surface area (Å²) in [5.41, 5.74) is -2.69. The van der Waals surface area contributed by atoms with Gasteiger partial charge in [-0.2, -0.15) is 0 Å². The predicted octanol–water partition coefficient (Wildman–Crippen LogP) is 13.7. The monoisotopic (exact) mass is 887 g/mol. The highest BCUT2D eigenvalue weighted by molar-refractivity contribution is 5.30. The van der Waals surface area contributed by atoms with Crippen molar-refractivity contribution >= 4 is 0 Å². The summed E-state index contributed by atoms with van der Waals surface area (Å²) in [7, 11) is 0. The summed E-state index contributed by atoms with van der Waals surface area (Å²) in [6.45, 7) is 54.3. The van der Waals surface area contributed by atoms with Crippen molar-refractivity contribution in [3.05, 3.63) is 35.4 Å². The van der Waals surface area contributed by atoms with Crippen LogP contribution in [0.3, 0.4) is 0 Å². The van der Waals surface area contributed by atoms with Crippen LogP contribution in [0.5, 0.6) is 0 Å². The largest absolute Gasteiger partial charge is 0.234 e. The zero-order valence-electron chi connectivity index (χ0n) is 44.8. The molecule has 1 aromatic rings. The summed E-state index contributed by atoms with van der Waals surface area (Å²) < 4.78 is 0. The fourth-order valence-corrected chi connectivity index (χ4v) is 3.71. The zero-order valence-corrected chi connectivity index (χ0v) is 44.8. The summed E-state index contributed by atoms with van der Waals surface area (Å²) >= 11 is 0. The average Bonchev–Trinajstić information content (AvgIpc) is 3.08. The van der Waals surface area contributed by atoms with E-state index < -0.39 is 22.4 Å². The van der Waals surface area contributed by atoms with Crippen LogP contribution in [0.15, 0.2) is 24.3 Å². The topological polar surface area (TPSA) is 111 Å². The van der Waals surface area contributed by atoms with Crippen molar-refractivity contribution < 1.29 is 58.7 Å². The Morgan fingerprint density at radius 2 is 0.710 bits per heavy atom. The Morgan fingerprint density at radius 3 is 1.02 bits per heavy atom. The molecule has 0 aromatic heterocycles. The second kappa shape index (κ2) is 24.7. The Kier molecular flexibility index (Phi) is 24.9. The van der Waals surface area contributed by atoms with Crippen molar-refractivity contribution in [1.82, 2.24) is 0 Å². The summed E-state index contributed by atoms with van der Waals surface area (Å²) in [6.07, 6.45) is 1.82. The van der Waals surface area contributed by atoms with E-state index in [9.17, 15) is 0 Å². The fourth-order valence-electron chi connectivity index (χ4n) is 3.71. The highest BCUT2D eigenvalue weighted by atomic mass is 17.2. The van der Waals surface area contributed by atoms with E-state index >= 15 is 0 Å². The number of hydrogen-bond acceptors (Lipinski definition) is 12. The van der Waals surface area contributed by atoms with Crippen molar-refractivity contribution in [2.45, 2.75) is 275 Å². The molecular weight excluding hydrogens is 793 g/mol. The molecule has 12 heteroatoms. The molecule has 12 nitrogen and oxygen atoms in total. The van der Waals surface area contributed by atoms with Crippen molar-refractivity contribution in [2.24, 2.45) is 0 Å². The zero-order chi connectivity index (χ0) is 49.5. The highest BCUT2D eigenvalue weighted by Gasteiger charge is 2.31. The van der Waals surface area contributed by atoms with Crippen LogP contribution in [0.2, 0.25) is 0 Å². The summed E-state index contributed by atoms with van der Waals surface area (Å²) in [6, 6.07) is 8.11. The van der Waals surface area contributed by atoms with E-state index in [-0.39, 0.29) is 45.8 Å². The molecule has 0 heterocycles. The lowest BCUT2D eigenvalue weighted by Crippen LogP contribution is -2.32. The van der Waals surface area contributed by atoms with Gasteiger partial charge in [0.1, 0.15) is 11.2 Å². The van der Waals surface area contributed by atoms with Gasteiger partial charge < -0.3 is 0 Å². The van der Waals surface area contributed by atoms with Gasteiger partial charge in [-0.25, -0.2) is 58.7 Å². The van der Waals surface area contributed by atoms with Crippen LogP contribution < -0.4 is 0 Å². The molecule has 366 valence electrons. The molecule has 0 aliphatic rings. The van der Waals surface area contributed by atoms with Crippen molar-refractivity contribution in [1.29, 1.82) is 0 Å². The maximum absolute atomic E-state index is 5.69. The third-order valence-corrected chi connectivity index (χ3v) is 7.00. The van der Waals surface area contributed by atoms with Crippen molar-refractivity contribution in [3.8, 4) is 11.8 Å². The van der Waals surface area contributed by atoms with E-state index in [1.807, 2.05) is 212 Å². The van der Waals surface area contributed by atoms with Crippen LogP contribution in [-0.2, 0) is 69.9 Å². The lowest BCUT2D eigenvalue weighted by atomic mass is 9.91. The third kappa shape index (κ3) is 35.6.